The van der Waals surface area contributed by atoms with Crippen molar-refractivity contribution in [2.45, 2.75) is 33.1 Å². The molecule has 5 nitrogen and oxygen atoms in total. The topological polar surface area (TPSA) is 70.5 Å². The molecule has 0 bridgehead atoms. The standard InChI is InChI=1S/C14H20N2O3S/c1-9-5-11(14(18)19)7-16(6-9)13(17)4-3-12-15-10(2)8-20-12/h8-9,11H,3-7H2,1-2H3,(H,18,19). The SMILES string of the molecule is Cc1csc(CCC(=O)N2CC(C)CC(C(=O)O)C2)n1. The summed E-state index contributed by atoms with van der Waals surface area (Å²) >= 11 is 1.57. The summed E-state index contributed by atoms with van der Waals surface area (Å²) < 4.78 is 0. The van der Waals surface area contributed by atoms with Gasteiger partial charge in [-0.2, -0.15) is 0 Å². The fourth-order valence-electron chi connectivity index (χ4n) is 2.62. The van der Waals surface area contributed by atoms with Crippen molar-refractivity contribution in [1.29, 1.82) is 0 Å². The second kappa shape index (κ2) is 6.35. The third-order valence-corrected chi connectivity index (χ3v) is 4.61. The number of hydrogen-bond acceptors (Lipinski definition) is 4. The number of hydrogen-bond donors (Lipinski definition) is 1. The minimum Gasteiger partial charge on any atom is -0.481 e. The number of aromatic nitrogens is 1. The number of aliphatic carboxylic acids is 1. The predicted octanol–water partition coefficient (Wildman–Crippen LogP) is 1.95. The maximum Gasteiger partial charge on any atom is 0.308 e. The van der Waals surface area contributed by atoms with Crippen LogP contribution in [0.4, 0.5) is 0 Å². The van der Waals surface area contributed by atoms with Crippen LogP contribution in [0.1, 0.15) is 30.5 Å². The second-order valence-electron chi connectivity index (χ2n) is 5.56. The molecule has 0 saturated carbocycles. The zero-order valence-electron chi connectivity index (χ0n) is 11.8. The molecule has 2 rings (SSSR count). The Morgan fingerprint density at radius 2 is 2.25 bits per heavy atom. The van der Waals surface area contributed by atoms with Crippen LogP contribution in [0.25, 0.3) is 0 Å². The number of carbonyl (C=O) groups is 2. The van der Waals surface area contributed by atoms with Crippen molar-refractivity contribution < 1.29 is 14.7 Å². The summed E-state index contributed by atoms with van der Waals surface area (Å²) in [6, 6.07) is 0. The van der Waals surface area contributed by atoms with E-state index < -0.39 is 11.9 Å². The van der Waals surface area contributed by atoms with Gasteiger partial charge in [-0.05, 0) is 19.3 Å². The van der Waals surface area contributed by atoms with E-state index in [1.807, 2.05) is 19.2 Å². The number of piperidine rings is 1. The van der Waals surface area contributed by atoms with Crippen molar-refractivity contribution in [1.82, 2.24) is 9.88 Å². The van der Waals surface area contributed by atoms with Crippen LogP contribution < -0.4 is 0 Å². The van der Waals surface area contributed by atoms with Crippen molar-refractivity contribution in [3.8, 4) is 0 Å². The first-order chi connectivity index (χ1) is 9.45. The number of aryl methyl sites for hydroxylation is 2. The highest BCUT2D eigenvalue weighted by Crippen LogP contribution is 2.22. The first kappa shape index (κ1) is 15.0. The average molecular weight is 296 g/mol. The quantitative estimate of drug-likeness (QED) is 0.922. The number of carboxylic acids is 1. The predicted molar refractivity (Wildman–Crippen MR) is 76.7 cm³/mol. The highest BCUT2D eigenvalue weighted by molar-refractivity contribution is 7.09. The molecule has 1 N–H and O–H groups in total. The molecule has 6 heteroatoms. The smallest absolute Gasteiger partial charge is 0.308 e. The lowest BCUT2D eigenvalue weighted by Gasteiger charge is -2.34. The van der Waals surface area contributed by atoms with Gasteiger partial charge < -0.3 is 10.0 Å². The Labute approximate surface area is 122 Å². The van der Waals surface area contributed by atoms with E-state index in [1.54, 1.807) is 16.2 Å². The van der Waals surface area contributed by atoms with E-state index in [0.717, 1.165) is 10.7 Å². The monoisotopic (exact) mass is 296 g/mol. The summed E-state index contributed by atoms with van der Waals surface area (Å²) in [6.07, 6.45) is 1.71. The van der Waals surface area contributed by atoms with E-state index in [2.05, 4.69) is 4.98 Å². The molecule has 1 fully saturated rings. The highest BCUT2D eigenvalue weighted by atomic mass is 32.1. The van der Waals surface area contributed by atoms with Gasteiger partial charge in [0.25, 0.3) is 0 Å². The van der Waals surface area contributed by atoms with E-state index >= 15 is 0 Å². The summed E-state index contributed by atoms with van der Waals surface area (Å²) in [6.45, 7) is 4.94. The fraction of sp³-hybridized carbons (Fsp3) is 0.643. The molecule has 1 aliphatic heterocycles. The number of amides is 1. The van der Waals surface area contributed by atoms with Gasteiger partial charge in [-0.3, -0.25) is 9.59 Å². The molecule has 2 unspecified atom stereocenters. The van der Waals surface area contributed by atoms with Crippen molar-refractivity contribution in [3.05, 3.63) is 16.1 Å². The molecule has 1 aromatic heterocycles. The Kier molecular flexibility index (Phi) is 4.75. The molecule has 2 heterocycles. The lowest BCUT2D eigenvalue weighted by Crippen LogP contribution is -2.45. The summed E-state index contributed by atoms with van der Waals surface area (Å²) in [5.74, 6) is -0.943. The summed E-state index contributed by atoms with van der Waals surface area (Å²) in [7, 11) is 0. The lowest BCUT2D eigenvalue weighted by molar-refractivity contribution is -0.146. The molecular weight excluding hydrogens is 276 g/mol. The van der Waals surface area contributed by atoms with Crippen molar-refractivity contribution >= 4 is 23.2 Å². The zero-order valence-corrected chi connectivity index (χ0v) is 12.7. The van der Waals surface area contributed by atoms with E-state index in [0.29, 0.717) is 32.4 Å². The van der Waals surface area contributed by atoms with Gasteiger partial charge in [0.1, 0.15) is 0 Å². The first-order valence-electron chi connectivity index (χ1n) is 6.87. The Bertz CT molecular complexity index is 500. The van der Waals surface area contributed by atoms with Gasteiger partial charge in [-0.15, -0.1) is 11.3 Å². The molecule has 110 valence electrons. The van der Waals surface area contributed by atoms with Gasteiger partial charge in [-0.25, -0.2) is 4.98 Å². The Morgan fingerprint density at radius 1 is 1.50 bits per heavy atom. The number of likely N-dealkylation sites (tertiary alicyclic amines) is 1. The minimum atomic E-state index is -0.801. The molecule has 1 amide bonds. The van der Waals surface area contributed by atoms with Crippen LogP contribution in [0.5, 0.6) is 0 Å². The molecular formula is C14H20N2O3S. The molecule has 1 aromatic rings. The largest absolute Gasteiger partial charge is 0.481 e. The highest BCUT2D eigenvalue weighted by Gasteiger charge is 2.31. The molecule has 20 heavy (non-hydrogen) atoms. The maximum atomic E-state index is 12.2. The molecule has 0 radical (unpaired) electrons. The number of rotatable bonds is 4. The van der Waals surface area contributed by atoms with Crippen molar-refractivity contribution in [2.75, 3.05) is 13.1 Å². The third kappa shape index (κ3) is 3.79. The van der Waals surface area contributed by atoms with Crippen LogP contribution in [-0.4, -0.2) is 40.0 Å². The van der Waals surface area contributed by atoms with Gasteiger partial charge in [0.2, 0.25) is 5.91 Å². The number of thiazole rings is 1. The van der Waals surface area contributed by atoms with Crippen LogP contribution in [0.3, 0.4) is 0 Å². The first-order valence-corrected chi connectivity index (χ1v) is 7.75. The number of carboxylic acid groups (broad SMARTS) is 1. The average Bonchev–Trinajstić information content (AvgIpc) is 2.81. The van der Waals surface area contributed by atoms with Gasteiger partial charge in [-0.1, -0.05) is 6.92 Å². The summed E-state index contributed by atoms with van der Waals surface area (Å²) in [5, 5.41) is 12.1. The second-order valence-corrected chi connectivity index (χ2v) is 6.50. The summed E-state index contributed by atoms with van der Waals surface area (Å²) in [4.78, 5) is 29.3. The van der Waals surface area contributed by atoms with E-state index in [1.165, 1.54) is 0 Å². The molecule has 2 atom stereocenters. The van der Waals surface area contributed by atoms with Crippen LogP contribution in [-0.2, 0) is 16.0 Å². The van der Waals surface area contributed by atoms with E-state index in [-0.39, 0.29) is 11.8 Å². The molecule has 0 aliphatic carbocycles. The van der Waals surface area contributed by atoms with Crippen LogP contribution in [0.2, 0.25) is 0 Å². The van der Waals surface area contributed by atoms with Gasteiger partial charge in [0, 0.05) is 37.0 Å². The lowest BCUT2D eigenvalue weighted by atomic mass is 9.90. The van der Waals surface area contributed by atoms with E-state index in [4.69, 9.17) is 5.11 Å². The van der Waals surface area contributed by atoms with Crippen molar-refractivity contribution in [2.24, 2.45) is 11.8 Å². The normalized spacial score (nSPS) is 22.8. The van der Waals surface area contributed by atoms with Gasteiger partial charge >= 0.3 is 5.97 Å². The summed E-state index contributed by atoms with van der Waals surface area (Å²) in [5.41, 5.74) is 0.981. The van der Waals surface area contributed by atoms with Crippen LogP contribution in [0.15, 0.2) is 5.38 Å². The van der Waals surface area contributed by atoms with Crippen LogP contribution in [0, 0.1) is 18.8 Å². The Morgan fingerprint density at radius 3 is 2.85 bits per heavy atom. The number of carbonyl (C=O) groups excluding carboxylic acids is 1. The zero-order chi connectivity index (χ0) is 14.7. The van der Waals surface area contributed by atoms with Crippen molar-refractivity contribution in [3.63, 3.8) is 0 Å². The molecule has 1 saturated heterocycles. The molecule has 1 aliphatic rings. The molecule has 0 spiro atoms. The maximum absolute atomic E-state index is 12.2. The minimum absolute atomic E-state index is 0.0376. The van der Waals surface area contributed by atoms with Gasteiger partial charge in [0.05, 0.1) is 10.9 Å². The number of nitrogens with zero attached hydrogens (tertiary/aromatic N) is 2. The molecule has 0 aromatic carbocycles. The van der Waals surface area contributed by atoms with E-state index in [9.17, 15) is 9.59 Å². The third-order valence-electron chi connectivity index (χ3n) is 3.58. The Balaban J connectivity index is 1.89. The Hall–Kier alpha value is -1.43. The van der Waals surface area contributed by atoms with Crippen LogP contribution >= 0.6 is 11.3 Å². The van der Waals surface area contributed by atoms with Gasteiger partial charge in [0.15, 0.2) is 0 Å². The fourth-order valence-corrected chi connectivity index (χ4v) is 3.40.